The molecular formula is C32H25P3. The van der Waals surface area contributed by atoms with Crippen LogP contribution in [0, 0.1) is 0 Å². The lowest BCUT2D eigenvalue weighted by molar-refractivity contribution is 1.72. The molecule has 0 saturated heterocycles. The molecular weight excluding hydrogens is 477 g/mol. The molecule has 0 heterocycles. The van der Waals surface area contributed by atoms with Crippen LogP contribution in [0.2, 0.25) is 0 Å². The average Bonchev–Trinajstić information content (AvgIpc) is 2.94. The molecule has 35 heavy (non-hydrogen) atoms. The molecule has 2 unspecified atom stereocenters. The normalized spacial score (nSPS) is 11.7. The summed E-state index contributed by atoms with van der Waals surface area (Å²) < 4.78 is 0. The Bertz CT molecular complexity index is 1590. The molecule has 6 aromatic rings. The Kier molecular flexibility index (Phi) is 6.46. The molecule has 0 spiro atoms. The zero-order chi connectivity index (χ0) is 23.6. The molecule has 0 nitrogen and oxygen atoms in total. The van der Waals surface area contributed by atoms with E-state index in [0.29, 0.717) is 8.27 Å². The highest BCUT2D eigenvalue weighted by Crippen LogP contribution is 2.43. The Morgan fingerprint density at radius 1 is 0.457 bits per heavy atom. The third-order valence-electron chi connectivity index (χ3n) is 6.51. The maximum Gasteiger partial charge on any atom is -0.000904 e. The number of hydrogen-bond acceptors (Lipinski definition) is 0. The van der Waals surface area contributed by atoms with E-state index in [4.69, 9.17) is 0 Å². The molecule has 0 saturated carbocycles. The van der Waals surface area contributed by atoms with Gasteiger partial charge < -0.3 is 0 Å². The fourth-order valence-corrected chi connectivity index (χ4v) is 8.73. The zero-order valence-corrected chi connectivity index (χ0v) is 22.3. The van der Waals surface area contributed by atoms with Crippen molar-refractivity contribution >= 4 is 67.9 Å². The predicted octanol–water partition coefficient (Wildman–Crippen LogP) is 7.51. The van der Waals surface area contributed by atoms with E-state index in [1.54, 1.807) is 0 Å². The van der Waals surface area contributed by atoms with Crippen molar-refractivity contribution in [1.29, 1.82) is 0 Å². The van der Waals surface area contributed by atoms with Gasteiger partial charge in [0.1, 0.15) is 0 Å². The summed E-state index contributed by atoms with van der Waals surface area (Å²) in [6, 6.07) is 49.0. The van der Waals surface area contributed by atoms with Crippen molar-refractivity contribution in [2.45, 2.75) is 0 Å². The van der Waals surface area contributed by atoms with Gasteiger partial charge in [-0.05, 0) is 61.8 Å². The second-order valence-corrected chi connectivity index (χ2v) is 12.4. The van der Waals surface area contributed by atoms with Gasteiger partial charge in [-0.15, -0.1) is 8.93 Å². The Balaban J connectivity index is 1.77. The summed E-state index contributed by atoms with van der Waals surface area (Å²) in [6.45, 7) is 0. The average molecular weight is 502 g/mol. The minimum Gasteiger partial charge on any atom is -0.110 e. The van der Waals surface area contributed by atoms with Crippen LogP contribution in [0.15, 0.2) is 133 Å². The SMILES string of the molecule is PPc1ccc2ccccc2c1-c1c(P(c2ccccc2)c2ccccc2)ccc2ccccc12. The molecule has 0 amide bonds. The number of fused-ring (bicyclic) bond motifs is 2. The highest BCUT2D eigenvalue weighted by atomic mass is 32.0. The van der Waals surface area contributed by atoms with Crippen molar-refractivity contribution in [2.75, 3.05) is 0 Å². The quantitative estimate of drug-likeness (QED) is 0.214. The summed E-state index contributed by atoms with van der Waals surface area (Å²) in [5.41, 5.74) is 2.76. The zero-order valence-electron chi connectivity index (χ0n) is 19.2. The van der Waals surface area contributed by atoms with Crippen LogP contribution in [0.25, 0.3) is 32.7 Å². The molecule has 0 N–H and O–H groups in total. The van der Waals surface area contributed by atoms with E-state index in [1.165, 1.54) is 53.9 Å². The Labute approximate surface area is 212 Å². The fraction of sp³-hybridized carbons (Fsp3) is 0. The smallest absolute Gasteiger partial charge is 0.000904 e. The lowest BCUT2D eigenvalue weighted by atomic mass is 9.93. The molecule has 3 heteroatoms. The first-order chi connectivity index (χ1) is 17.3. The van der Waals surface area contributed by atoms with E-state index < -0.39 is 7.92 Å². The van der Waals surface area contributed by atoms with Crippen LogP contribution in [-0.2, 0) is 0 Å². The second-order valence-electron chi connectivity index (χ2n) is 8.54. The molecule has 6 aromatic carbocycles. The fourth-order valence-electron chi connectivity index (χ4n) is 4.95. The van der Waals surface area contributed by atoms with Crippen molar-refractivity contribution in [2.24, 2.45) is 0 Å². The molecule has 0 radical (unpaired) electrons. The van der Waals surface area contributed by atoms with Gasteiger partial charge in [0.2, 0.25) is 0 Å². The van der Waals surface area contributed by atoms with Crippen LogP contribution < -0.4 is 21.2 Å². The van der Waals surface area contributed by atoms with Crippen LogP contribution in [0.3, 0.4) is 0 Å². The maximum atomic E-state index is 2.99. The first-order valence-corrected chi connectivity index (χ1v) is 15.9. The largest absolute Gasteiger partial charge is 0.110 e. The van der Waals surface area contributed by atoms with E-state index in [0.717, 1.165) is 0 Å². The maximum absolute atomic E-state index is 2.99. The van der Waals surface area contributed by atoms with Crippen molar-refractivity contribution in [3.63, 3.8) is 0 Å². The van der Waals surface area contributed by atoms with E-state index in [9.17, 15) is 0 Å². The summed E-state index contributed by atoms with van der Waals surface area (Å²) >= 11 is 0. The molecule has 0 aliphatic heterocycles. The van der Waals surface area contributed by atoms with E-state index in [-0.39, 0.29) is 0 Å². The molecule has 6 rings (SSSR count). The summed E-state index contributed by atoms with van der Waals surface area (Å²) in [6.07, 6.45) is 0. The van der Waals surface area contributed by atoms with Gasteiger partial charge in [-0.25, -0.2) is 0 Å². The van der Waals surface area contributed by atoms with Crippen LogP contribution >= 0.6 is 25.1 Å². The van der Waals surface area contributed by atoms with Crippen LogP contribution in [0.4, 0.5) is 0 Å². The molecule has 0 aliphatic carbocycles. The van der Waals surface area contributed by atoms with E-state index >= 15 is 0 Å². The molecule has 2 atom stereocenters. The number of hydrogen-bond donors (Lipinski definition) is 0. The monoisotopic (exact) mass is 502 g/mol. The van der Waals surface area contributed by atoms with Crippen LogP contribution in [0.1, 0.15) is 0 Å². The summed E-state index contributed by atoms with van der Waals surface area (Å²) in [7, 11) is 2.88. The third kappa shape index (κ3) is 4.22. The van der Waals surface area contributed by atoms with Gasteiger partial charge in [0.05, 0.1) is 0 Å². The molecule has 0 aromatic heterocycles. The minimum absolute atomic E-state index is 0.636. The standard InChI is InChI=1S/C32H25P3/c33-34-29-21-19-23-11-7-9-17-27(23)31(29)32-28-18-10-8-12-24(28)20-22-30(32)35(25-13-3-1-4-14-25)26-15-5-2-6-16-26/h1-22,34H,33H2. The molecule has 0 fully saturated rings. The van der Waals surface area contributed by atoms with E-state index in [1.807, 2.05) is 0 Å². The van der Waals surface area contributed by atoms with Gasteiger partial charge in [-0.2, -0.15) is 0 Å². The van der Waals surface area contributed by atoms with Gasteiger partial charge >= 0.3 is 0 Å². The predicted molar refractivity (Wildman–Crippen MR) is 163 cm³/mol. The van der Waals surface area contributed by atoms with E-state index in [2.05, 4.69) is 142 Å². The summed E-state index contributed by atoms with van der Waals surface area (Å²) in [4.78, 5) is 0. The summed E-state index contributed by atoms with van der Waals surface area (Å²) in [5.74, 6) is 0. The topological polar surface area (TPSA) is 0 Å². The number of benzene rings is 6. The lowest BCUT2D eigenvalue weighted by Gasteiger charge is -2.25. The van der Waals surface area contributed by atoms with Gasteiger partial charge in [0, 0.05) is 0 Å². The van der Waals surface area contributed by atoms with Gasteiger partial charge in [-0.3, -0.25) is 0 Å². The third-order valence-corrected chi connectivity index (χ3v) is 10.7. The molecule has 0 aliphatic rings. The van der Waals surface area contributed by atoms with Gasteiger partial charge in [-0.1, -0.05) is 142 Å². The highest BCUT2D eigenvalue weighted by Gasteiger charge is 2.24. The second kappa shape index (κ2) is 10.0. The van der Waals surface area contributed by atoms with Gasteiger partial charge in [0.15, 0.2) is 0 Å². The lowest BCUT2D eigenvalue weighted by Crippen LogP contribution is -2.23. The highest BCUT2D eigenvalue weighted by molar-refractivity contribution is 8.07. The Morgan fingerprint density at radius 3 is 1.51 bits per heavy atom. The first-order valence-electron chi connectivity index (χ1n) is 11.8. The molecule has 168 valence electrons. The van der Waals surface area contributed by atoms with Crippen molar-refractivity contribution in [3.8, 4) is 11.1 Å². The van der Waals surface area contributed by atoms with Crippen LogP contribution in [0.5, 0.6) is 0 Å². The summed E-state index contributed by atoms with van der Waals surface area (Å²) in [5, 5.41) is 10.8. The van der Waals surface area contributed by atoms with Gasteiger partial charge in [0.25, 0.3) is 0 Å². The first kappa shape index (κ1) is 22.6. The van der Waals surface area contributed by atoms with Crippen molar-refractivity contribution in [1.82, 2.24) is 0 Å². The number of rotatable bonds is 5. The minimum atomic E-state index is -0.740. The van der Waals surface area contributed by atoms with Crippen molar-refractivity contribution in [3.05, 3.63) is 133 Å². The Morgan fingerprint density at radius 2 is 0.943 bits per heavy atom. The van der Waals surface area contributed by atoms with Crippen molar-refractivity contribution < 1.29 is 0 Å². The Hall–Kier alpha value is -2.87. The van der Waals surface area contributed by atoms with Crippen LogP contribution in [-0.4, -0.2) is 0 Å². The molecule has 0 bridgehead atoms.